The molecule has 1 aromatic rings. The van der Waals surface area contributed by atoms with E-state index in [0.717, 1.165) is 0 Å². The predicted octanol–water partition coefficient (Wildman–Crippen LogP) is 3.03. The molecule has 0 saturated heterocycles. The van der Waals surface area contributed by atoms with E-state index in [4.69, 9.17) is 37.4 Å². The van der Waals surface area contributed by atoms with Crippen LogP contribution in [0.2, 0.25) is 0 Å². The number of hydrogen-bond donors (Lipinski definition) is 0. The first-order valence-corrected chi connectivity index (χ1v) is 6.80. The first kappa shape index (κ1) is 17.8. The second kappa shape index (κ2) is 8.89. The van der Waals surface area contributed by atoms with Crippen molar-refractivity contribution in [2.45, 2.75) is 6.29 Å². The smallest absolute Gasteiger partial charge is 0.258 e. The fraction of sp³-hybridized carbons (Fsp3) is 0.357. The molecule has 0 fully saturated rings. The van der Waals surface area contributed by atoms with E-state index in [-0.39, 0.29) is 16.9 Å². The van der Waals surface area contributed by atoms with E-state index in [1.54, 1.807) is 31.4 Å². The Bertz CT molecular complexity index is 482. The third-order valence-corrected chi connectivity index (χ3v) is 2.92. The zero-order valence-corrected chi connectivity index (χ0v) is 13.5. The summed E-state index contributed by atoms with van der Waals surface area (Å²) in [7, 11) is 4.52. The molecule has 0 unspecified atom stereocenters. The van der Waals surface area contributed by atoms with Crippen LogP contribution in [0, 0.1) is 0 Å². The van der Waals surface area contributed by atoms with Crippen molar-refractivity contribution in [1.29, 1.82) is 0 Å². The summed E-state index contributed by atoms with van der Waals surface area (Å²) in [6.07, 6.45) is 0.733. The summed E-state index contributed by atoms with van der Waals surface area (Å²) in [5.41, 5.74) is 0.465. The van der Waals surface area contributed by atoms with E-state index in [1.807, 2.05) is 0 Å². The van der Waals surface area contributed by atoms with Crippen LogP contribution in [-0.4, -0.2) is 45.0 Å². The van der Waals surface area contributed by atoms with E-state index in [9.17, 15) is 4.79 Å². The highest BCUT2D eigenvalue weighted by Gasteiger charge is 2.19. The molecule has 0 saturated carbocycles. The minimum atomic E-state index is -0.587. The quantitative estimate of drug-likeness (QED) is 0.719. The number of carbonyl (C=O) groups excluding carboxylic acids is 1. The lowest BCUT2D eigenvalue weighted by Crippen LogP contribution is -2.35. The Morgan fingerprint density at radius 3 is 2.19 bits per heavy atom. The lowest BCUT2D eigenvalue weighted by atomic mass is 10.2. The van der Waals surface area contributed by atoms with Gasteiger partial charge in [0, 0.05) is 26.0 Å². The Balaban J connectivity index is 2.95. The van der Waals surface area contributed by atoms with Crippen LogP contribution >= 0.6 is 23.2 Å². The normalized spacial score (nSPS) is 10.4. The first-order valence-electron chi connectivity index (χ1n) is 6.05. The fourth-order valence-electron chi connectivity index (χ4n) is 1.62. The summed E-state index contributed by atoms with van der Waals surface area (Å²) in [6, 6.07) is 6.70. The van der Waals surface area contributed by atoms with Crippen molar-refractivity contribution in [2.75, 3.05) is 27.9 Å². The first-order chi connectivity index (χ1) is 10.0. The summed E-state index contributed by atoms with van der Waals surface area (Å²) in [5, 5.41) is 0. The van der Waals surface area contributed by atoms with Gasteiger partial charge in [0.2, 0.25) is 0 Å². The molecule has 0 aliphatic heterocycles. The monoisotopic (exact) mass is 333 g/mol. The van der Waals surface area contributed by atoms with Crippen LogP contribution in [0.25, 0.3) is 0 Å². The van der Waals surface area contributed by atoms with Crippen molar-refractivity contribution >= 4 is 29.1 Å². The lowest BCUT2D eigenvalue weighted by molar-refractivity contribution is -0.108. The van der Waals surface area contributed by atoms with Gasteiger partial charge >= 0.3 is 0 Å². The highest BCUT2D eigenvalue weighted by molar-refractivity contribution is 6.55. The maximum atomic E-state index is 12.5. The molecule has 0 spiro atoms. The summed E-state index contributed by atoms with van der Waals surface area (Å²) in [4.78, 5) is 13.8. The van der Waals surface area contributed by atoms with E-state index in [1.165, 1.54) is 25.3 Å². The number of hydrogen-bond acceptors (Lipinski definition) is 4. The van der Waals surface area contributed by atoms with Gasteiger partial charge in [-0.05, 0) is 24.3 Å². The maximum Gasteiger partial charge on any atom is 0.258 e. The number of nitrogens with zero attached hydrogens (tertiary/aromatic N) is 1. The van der Waals surface area contributed by atoms with Crippen molar-refractivity contribution in [3.8, 4) is 5.75 Å². The van der Waals surface area contributed by atoms with E-state index in [0.29, 0.717) is 11.3 Å². The molecule has 0 aliphatic rings. The second-order valence-electron chi connectivity index (χ2n) is 4.01. The molecule has 5 nitrogen and oxygen atoms in total. The van der Waals surface area contributed by atoms with Gasteiger partial charge in [-0.1, -0.05) is 23.2 Å². The molecule has 0 aromatic heterocycles. The minimum Gasteiger partial charge on any atom is -0.497 e. The Morgan fingerprint density at radius 2 is 1.76 bits per heavy atom. The third kappa shape index (κ3) is 5.55. The van der Waals surface area contributed by atoms with Gasteiger partial charge in [0.25, 0.3) is 5.91 Å². The molecule has 1 rings (SSSR count). The molecule has 0 bridgehead atoms. The summed E-state index contributed by atoms with van der Waals surface area (Å²) in [5.74, 6) is 0.381. The number of methoxy groups -OCH3 is 3. The van der Waals surface area contributed by atoms with Crippen LogP contribution in [0.4, 0.5) is 0 Å². The third-order valence-electron chi connectivity index (χ3n) is 2.72. The highest BCUT2D eigenvalue weighted by atomic mass is 35.5. The van der Waals surface area contributed by atoms with E-state index < -0.39 is 6.29 Å². The number of halogens is 2. The average Bonchev–Trinajstić information content (AvgIpc) is 2.50. The number of amides is 1. The lowest BCUT2D eigenvalue weighted by Gasteiger charge is -2.23. The van der Waals surface area contributed by atoms with Gasteiger partial charge in [-0.25, -0.2) is 0 Å². The van der Waals surface area contributed by atoms with Crippen LogP contribution in [0.3, 0.4) is 0 Å². The molecule has 0 N–H and O–H groups in total. The largest absolute Gasteiger partial charge is 0.497 e. The minimum absolute atomic E-state index is 0.0391. The summed E-state index contributed by atoms with van der Waals surface area (Å²) < 4.78 is 15.2. The van der Waals surface area contributed by atoms with Crippen LogP contribution in [0.15, 0.2) is 35.0 Å². The Morgan fingerprint density at radius 1 is 1.19 bits per heavy atom. The van der Waals surface area contributed by atoms with Gasteiger partial charge in [-0.2, -0.15) is 0 Å². The van der Waals surface area contributed by atoms with Gasteiger partial charge in [-0.15, -0.1) is 0 Å². The van der Waals surface area contributed by atoms with Crippen molar-refractivity contribution in [3.05, 3.63) is 40.5 Å². The Kier molecular flexibility index (Phi) is 7.53. The molecule has 7 heteroatoms. The highest BCUT2D eigenvalue weighted by Crippen LogP contribution is 2.16. The second-order valence-corrected chi connectivity index (χ2v) is 5.01. The molecule has 1 aromatic carbocycles. The molecular weight excluding hydrogens is 317 g/mol. The predicted molar refractivity (Wildman–Crippen MR) is 81.6 cm³/mol. The van der Waals surface area contributed by atoms with E-state index >= 15 is 0 Å². The van der Waals surface area contributed by atoms with Crippen LogP contribution in [0.1, 0.15) is 10.4 Å². The fourth-order valence-corrected chi connectivity index (χ4v) is 1.85. The summed E-state index contributed by atoms with van der Waals surface area (Å²) >= 11 is 11.3. The van der Waals surface area contributed by atoms with Crippen molar-refractivity contribution in [2.24, 2.45) is 0 Å². The maximum absolute atomic E-state index is 12.5. The molecule has 21 heavy (non-hydrogen) atoms. The van der Waals surface area contributed by atoms with Crippen LogP contribution < -0.4 is 4.74 Å². The van der Waals surface area contributed by atoms with Gasteiger partial charge in [0.15, 0.2) is 6.29 Å². The topological polar surface area (TPSA) is 48.0 Å². The number of carbonyl (C=O) groups is 1. The molecule has 116 valence electrons. The van der Waals surface area contributed by atoms with Crippen molar-refractivity contribution in [3.63, 3.8) is 0 Å². The van der Waals surface area contributed by atoms with Gasteiger partial charge in [-0.3, -0.25) is 4.79 Å². The van der Waals surface area contributed by atoms with E-state index in [2.05, 4.69) is 0 Å². The SMILES string of the molecule is COc1ccc(C(=O)N(C=C(Cl)Cl)CC(OC)OC)cc1. The number of benzene rings is 1. The molecule has 0 heterocycles. The van der Waals surface area contributed by atoms with Crippen molar-refractivity contribution in [1.82, 2.24) is 4.90 Å². The van der Waals surface area contributed by atoms with Gasteiger partial charge in [0.1, 0.15) is 10.2 Å². The van der Waals surface area contributed by atoms with Gasteiger partial charge < -0.3 is 19.1 Å². The van der Waals surface area contributed by atoms with Crippen LogP contribution in [-0.2, 0) is 9.47 Å². The summed E-state index contributed by atoms with van der Waals surface area (Å²) in [6.45, 7) is 0.154. The van der Waals surface area contributed by atoms with Gasteiger partial charge in [0.05, 0.1) is 13.7 Å². The molecule has 0 radical (unpaired) electrons. The number of rotatable bonds is 7. The van der Waals surface area contributed by atoms with Crippen molar-refractivity contribution < 1.29 is 19.0 Å². The zero-order chi connectivity index (χ0) is 15.8. The van der Waals surface area contributed by atoms with Crippen LogP contribution in [0.5, 0.6) is 5.75 Å². The molecule has 1 amide bonds. The Labute approximate surface area is 134 Å². The molecular formula is C14H17Cl2NO4. The standard InChI is InChI=1S/C14H17Cl2NO4/c1-19-11-6-4-10(5-7-11)14(18)17(8-12(15)16)9-13(20-2)21-3/h4-8,13H,9H2,1-3H3. The molecule has 0 atom stereocenters. The number of ether oxygens (including phenoxy) is 3. The molecule has 0 aliphatic carbocycles. The Hall–Kier alpha value is -1.27. The zero-order valence-electron chi connectivity index (χ0n) is 12.0. The average molecular weight is 334 g/mol.